The van der Waals surface area contributed by atoms with Gasteiger partial charge in [0.1, 0.15) is 11.3 Å². The summed E-state index contributed by atoms with van der Waals surface area (Å²) in [5, 5.41) is 5.38. The van der Waals surface area contributed by atoms with Gasteiger partial charge in [0.15, 0.2) is 11.5 Å². The Morgan fingerprint density at radius 3 is 2.74 bits per heavy atom. The molecule has 0 unspecified atom stereocenters. The SMILES string of the molecule is C[C@@H](COc1ccnc2c1[C@H](C)CCC2)CN1Cc2cc3c(cc2C12CCC1(CC2)NC(=O)NC1=O)OCO3. The van der Waals surface area contributed by atoms with E-state index in [1.165, 1.54) is 35.2 Å². The van der Waals surface area contributed by atoms with Crippen molar-refractivity contribution in [1.29, 1.82) is 0 Å². The number of urea groups is 1. The lowest BCUT2D eigenvalue weighted by atomic mass is 9.69. The molecule has 2 spiro atoms. The number of nitrogens with one attached hydrogen (secondary N) is 2. The van der Waals surface area contributed by atoms with Crippen LogP contribution in [0.5, 0.6) is 17.2 Å². The average Bonchev–Trinajstić information content (AvgIpc) is 3.57. The Morgan fingerprint density at radius 1 is 1.18 bits per heavy atom. The van der Waals surface area contributed by atoms with E-state index in [1.54, 1.807) is 0 Å². The highest BCUT2D eigenvalue weighted by molar-refractivity contribution is 6.07. The van der Waals surface area contributed by atoms with Crippen molar-refractivity contribution in [3.8, 4) is 17.2 Å². The number of rotatable bonds is 5. The van der Waals surface area contributed by atoms with Crippen LogP contribution in [-0.4, -0.2) is 47.3 Å². The molecule has 9 heteroatoms. The van der Waals surface area contributed by atoms with E-state index in [2.05, 4.69) is 46.5 Å². The number of imide groups is 1. The van der Waals surface area contributed by atoms with Crippen molar-refractivity contribution < 1.29 is 23.8 Å². The first-order chi connectivity index (χ1) is 18.9. The maximum atomic E-state index is 12.7. The Morgan fingerprint density at radius 2 is 1.97 bits per heavy atom. The van der Waals surface area contributed by atoms with Crippen molar-refractivity contribution in [3.63, 3.8) is 0 Å². The molecule has 9 nitrogen and oxygen atoms in total. The number of benzene rings is 1. The average molecular weight is 533 g/mol. The Balaban J connectivity index is 1.12. The second-order valence-electron chi connectivity index (χ2n) is 12.1. The van der Waals surface area contributed by atoms with E-state index in [9.17, 15) is 9.59 Å². The normalized spacial score (nSPS) is 29.7. The van der Waals surface area contributed by atoms with E-state index in [4.69, 9.17) is 14.2 Å². The molecule has 2 fully saturated rings. The summed E-state index contributed by atoms with van der Waals surface area (Å²) in [5.41, 5.74) is 3.94. The quantitative estimate of drug-likeness (QED) is 0.559. The van der Waals surface area contributed by atoms with Crippen molar-refractivity contribution in [3.05, 3.63) is 46.8 Å². The lowest BCUT2D eigenvalue weighted by Gasteiger charge is -2.47. The number of amides is 3. The minimum absolute atomic E-state index is 0.200. The van der Waals surface area contributed by atoms with E-state index in [0.29, 0.717) is 25.4 Å². The van der Waals surface area contributed by atoms with Crippen LogP contribution in [0.15, 0.2) is 24.4 Å². The van der Waals surface area contributed by atoms with Crippen LogP contribution in [0.1, 0.15) is 80.7 Å². The van der Waals surface area contributed by atoms with Crippen molar-refractivity contribution >= 4 is 11.9 Å². The fraction of sp³-hybridized carbons (Fsp3) is 0.567. The molecule has 5 aliphatic rings. The summed E-state index contributed by atoms with van der Waals surface area (Å²) in [6.07, 6.45) is 8.01. The summed E-state index contributed by atoms with van der Waals surface area (Å²) < 4.78 is 17.9. The zero-order chi connectivity index (χ0) is 26.8. The molecular weight excluding hydrogens is 496 g/mol. The zero-order valence-electron chi connectivity index (χ0n) is 22.7. The highest BCUT2D eigenvalue weighted by Crippen LogP contribution is 2.54. The molecule has 2 atom stereocenters. The van der Waals surface area contributed by atoms with Crippen LogP contribution in [-0.2, 0) is 23.3 Å². The molecule has 1 aromatic heterocycles. The number of aromatic nitrogens is 1. The standard InChI is InChI=1S/C30H36N4O5/c1-18(16-37-23-6-11-31-22-5-3-4-19(2)26(22)23)14-34-15-20-12-24-25(39-17-38-24)13-21(20)30(34)9-7-29(8-10-30)27(35)32-28(36)33-29/h6,11-13,18-19H,3-5,7-10,14-17H2,1-2H3,(H2,32,33,35,36)/t18-,19-,29?,30?/m1/s1. The van der Waals surface area contributed by atoms with E-state index >= 15 is 0 Å². The number of hydrogen-bond donors (Lipinski definition) is 2. The van der Waals surface area contributed by atoms with Crippen LogP contribution >= 0.6 is 0 Å². The second-order valence-corrected chi connectivity index (χ2v) is 12.1. The first-order valence-corrected chi connectivity index (χ1v) is 14.3. The first-order valence-electron chi connectivity index (χ1n) is 14.3. The molecule has 1 saturated heterocycles. The molecule has 1 saturated carbocycles. The van der Waals surface area contributed by atoms with Crippen LogP contribution in [0.25, 0.3) is 0 Å². The fourth-order valence-corrected chi connectivity index (χ4v) is 7.60. The molecule has 0 radical (unpaired) electrons. The van der Waals surface area contributed by atoms with Gasteiger partial charge in [-0.25, -0.2) is 4.79 Å². The molecule has 2 aliphatic carbocycles. The predicted molar refractivity (Wildman–Crippen MR) is 143 cm³/mol. The van der Waals surface area contributed by atoms with Crippen LogP contribution < -0.4 is 24.8 Å². The minimum Gasteiger partial charge on any atom is -0.493 e. The Labute approximate surface area is 228 Å². The van der Waals surface area contributed by atoms with Gasteiger partial charge in [-0.3, -0.25) is 20.0 Å². The monoisotopic (exact) mass is 532 g/mol. The van der Waals surface area contributed by atoms with E-state index in [0.717, 1.165) is 49.6 Å². The van der Waals surface area contributed by atoms with Gasteiger partial charge in [-0.1, -0.05) is 13.8 Å². The van der Waals surface area contributed by atoms with Gasteiger partial charge >= 0.3 is 6.03 Å². The maximum absolute atomic E-state index is 12.7. The molecular formula is C30H36N4O5. The van der Waals surface area contributed by atoms with Gasteiger partial charge in [-0.2, -0.15) is 0 Å². The predicted octanol–water partition coefficient (Wildman–Crippen LogP) is 4.13. The number of carbonyl (C=O) groups excluding carboxylic acids is 2. The van der Waals surface area contributed by atoms with E-state index in [-0.39, 0.29) is 30.2 Å². The van der Waals surface area contributed by atoms with Crippen molar-refractivity contribution in [2.24, 2.45) is 5.92 Å². The summed E-state index contributed by atoms with van der Waals surface area (Å²) in [5.74, 6) is 3.12. The third-order valence-corrected chi connectivity index (χ3v) is 9.64. The number of nitrogens with zero attached hydrogens (tertiary/aromatic N) is 2. The minimum atomic E-state index is -0.807. The third kappa shape index (κ3) is 3.96. The van der Waals surface area contributed by atoms with Crippen LogP contribution in [0.3, 0.4) is 0 Å². The largest absolute Gasteiger partial charge is 0.493 e. The number of pyridine rings is 1. The molecule has 2 N–H and O–H groups in total. The third-order valence-electron chi connectivity index (χ3n) is 9.64. The molecule has 3 amide bonds. The number of aryl methyl sites for hydroxylation is 1. The Bertz CT molecular complexity index is 1330. The van der Waals surface area contributed by atoms with E-state index < -0.39 is 5.54 Å². The smallest absolute Gasteiger partial charge is 0.322 e. The Hall–Kier alpha value is -3.33. The molecule has 2 aromatic rings. The number of carbonyl (C=O) groups is 2. The van der Waals surface area contributed by atoms with Crippen LogP contribution in [0.2, 0.25) is 0 Å². The number of fused-ring (bicyclic) bond motifs is 4. The lowest BCUT2D eigenvalue weighted by molar-refractivity contribution is -0.126. The second kappa shape index (κ2) is 9.11. The van der Waals surface area contributed by atoms with Gasteiger partial charge in [0, 0.05) is 42.0 Å². The molecule has 4 heterocycles. The zero-order valence-corrected chi connectivity index (χ0v) is 22.7. The number of ether oxygens (including phenoxy) is 3. The summed E-state index contributed by atoms with van der Waals surface area (Å²) in [6.45, 7) is 7.05. The molecule has 7 rings (SSSR count). The highest BCUT2D eigenvalue weighted by Gasteiger charge is 2.56. The Kier molecular flexibility index (Phi) is 5.77. The van der Waals surface area contributed by atoms with Crippen molar-refractivity contribution in [2.45, 2.75) is 82.3 Å². The molecule has 0 bridgehead atoms. The first kappa shape index (κ1) is 24.7. The number of hydrogen-bond acceptors (Lipinski definition) is 7. The molecule has 206 valence electrons. The summed E-state index contributed by atoms with van der Waals surface area (Å²) in [7, 11) is 0. The fourth-order valence-electron chi connectivity index (χ4n) is 7.60. The molecule has 3 aliphatic heterocycles. The maximum Gasteiger partial charge on any atom is 0.322 e. The van der Waals surface area contributed by atoms with Crippen molar-refractivity contribution in [1.82, 2.24) is 20.5 Å². The van der Waals surface area contributed by atoms with E-state index in [1.807, 2.05) is 12.3 Å². The van der Waals surface area contributed by atoms with Crippen molar-refractivity contribution in [2.75, 3.05) is 19.9 Å². The van der Waals surface area contributed by atoms with Gasteiger partial charge in [-0.05, 0) is 80.2 Å². The topological polar surface area (TPSA) is 102 Å². The molecule has 39 heavy (non-hydrogen) atoms. The summed E-state index contributed by atoms with van der Waals surface area (Å²) in [6, 6.07) is 5.90. The van der Waals surface area contributed by atoms with Crippen LogP contribution in [0, 0.1) is 5.92 Å². The highest BCUT2D eigenvalue weighted by atomic mass is 16.7. The molecule has 1 aromatic carbocycles. The summed E-state index contributed by atoms with van der Waals surface area (Å²) >= 11 is 0. The summed E-state index contributed by atoms with van der Waals surface area (Å²) in [4.78, 5) is 31.9. The lowest BCUT2D eigenvalue weighted by Crippen LogP contribution is -2.55. The van der Waals surface area contributed by atoms with Gasteiger partial charge in [0.05, 0.1) is 6.61 Å². The van der Waals surface area contributed by atoms with Crippen LogP contribution in [0.4, 0.5) is 4.79 Å². The van der Waals surface area contributed by atoms with Gasteiger partial charge in [0.25, 0.3) is 5.91 Å². The van der Waals surface area contributed by atoms with Gasteiger partial charge < -0.3 is 19.5 Å². The van der Waals surface area contributed by atoms with Gasteiger partial charge in [0.2, 0.25) is 6.79 Å². The van der Waals surface area contributed by atoms with Gasteiger partial charge in [-0.15, -0.1) is 0 Å².